The number of carboxylic acids is 1. The number of aliphatic carboxylic acids is 1. The Labute approximate surface area is 111 Å². The van der Waals surface area contributed by atoms with Gasteiger partial charge in [-0.05, 0) is 12.5 Å². The number of nitrogens with zero attached hydrogens (tertiary/aromatic N) is 1. The third-order valence-electron chi connectivity index (χ3n) is 3.18. The molecule has 1 aliphatic rings. The van der Waals surface area contributed by atoms with Gasteiger partial charge in [0.2, 0.25) is 5.91 Å². The summed E-state index contributed by atoms with van der Waals surface area (Å²) < 4.78 is 5.13. The molecule has 1 saturated heterocycles. The quantitative estimate of drug-likeness (QED) is 0.886. The van der Waals surface area contributed by atoms with Crippen LogP contribution in [0.25, 0.3) is 0 Å². The van der Waals surface area contributed by atoms with Crippen LogP contribution in [0, 0.1) is 6.92 Å². The summed E-state index contributed by atoms with van der Waals surface area (Å²) in [5.74, 6) is -1.07. The normalized spacial score (nSPS) is 19.5. The van der Waals surface area contributed by atoms with Crippen LogP contribution in [0.15, 0.2) is 24.3 Å². The lowest BCUT2D eigenvalue weighted by molar-refractivity contribution is -0.152. The second-order valence-corrected chi connectivity index (χ2v) is 4.77. The highest BCUT2D eigenvalue weighted by molar-refractivity contribution is 5.79. The molecule has 1 N–H and O–H groups in total. The van der Waals surface area contributed by atoms with Gasteiger partial charge in [-0.15, -0.1) is 0 Å². The Balaban J connectivity index is 2.10. The van der Waals surface area contributed by atoms with Gasteiger partial charge in [-0.25, -0.2) is 0 Å². The van der Waals surface area contributed by atoms with E-state index in [1.54, 1.807) is 4.90 Å². The van der Waals surface area contributed by atoms with Gasteiger partial charge in [-0.1, -0.05) is 29.8 Å². The minimum absolute atomic E-state index is 0.0297. The maximum atomic E-state index is 11.9. The van der Waals surface area contributed by atoms with Crippen molar-refractivity contribution in [2.24, 2.45) is 0 Å². The molecule has 19 heavy (non-hydrogen) atoms. The summed E-state index contributed by atoms with van der Waals surface area (Å²) in [7, 11) is 0. The van der Waals surface area contributed by atoms with Crippen LogP contribution in [0.1, 0.15) is 17.5 Å². The van der Waals surface area contributed by atoms with E-state index in [1.165, 1.54) is 0 Å². The van der Waals surface area contributed by atoms with Crippen molar-refractivity contribution in [2.75, 3.05) is 13.2 Å². The smallest absolute Gasteiger partial charge is 0.305 e. The molecular weight excluding hydrogens is 246 g/mol. The maximum Gasteiger partial charge on any atom is 0.305 e. The number of amides is 1. The van der Waals surface area contributed by atoms with Crippen LogP contribution >= 0.6 is 0 Å². The zero-order valence-electron chi connectivity index (χ0n) is 10.8. The summed E-state index contributed by atoms with van der Waals surface area (Å²) in [5.41, 5.74) is 2.15. The van der Waals surface area contributed by atoms with Crippen molar-refractivity contribution < 1.29 is 19.4 Å². The molecule has 1 atom stereocenters. The second kappa shape index (κ2) is 5.84. The Kier molecular flexibility index (Phi) is 4.16. The summed E-state index contributed by atoms with van der Waals surface area (Å²) in [5, 5.41) is 8.88. The van der Waals surface area contributed by atoms with Crippen LogP contribution in [-0.4, -0.2) is 41.1 Å². The predicted molar refractivity (Wildman–Crippen MR) is 68.6 cm³/mol. The van der Waals surface area contributed by atoms with Crippen LogP contribution in [0.3, 0.4) is 0 Å². The molecule has 5 nitrogen and oxygen atoms in total. The number of rotatable bonds is 4. The van der Waals surface area contributed by atoms with Crippen LogP contribution in [-0.2, 0) is 20.9 Å². The van der Waals surface area contributed by atoms with Gasteiger partial charge in [-0.2, -0.15) is 0 Å². The third-order valence-corrected chi connectivity index (χ3v) is 3.18. The first-order valence-electron chi connectivity index (χ1n) is 6.21. The van der Waals surface area contributed by atoms with Crippen LogP contribution in [0.5, 0.6) is 0 Å². The summed E-state index contributed by atoms with van der Waals surface area (Å²) in [6, 6.07) is 7.48. The molecule has 1 aromatic rings. The number of carbonyl (C=O) groups excluding carboxylic acids is 1. The monoisotopic (exact) mass is 263 g/mol. The molecule has 1 aliphatic heterocycles. The summed E-state index contributed by atoms with van der Waals surface area (Å²) >= 11 is 0. The van der Waals surface area contributed by atoms with Crippen molar-refractivity contribution in [1.82, 2.24) is 4.90 Å². The molecule has 0 spiro atoms. The number of carbonyl (C=O) groups is 2. The van der Waals surface area contributed by atoms with E-state index >= 15 is 0 Å². The molecule has 2 rings (SSSR count). The molecule has 0 saturated carbocycles. The maximum absolute atomic E-state index is 11.9. The fourth-order valence-electron chi connectivity index (χ4n) is 2.14. The fraction of sp³-hybridized carbons (Fsp3) is 0.429. The predicted octanol–water partition coefficient (Wildman–Crippen LogP) is 1.20. The zero-order chi connectivity index (χ0) is 13.8. The Morgan fingerprint density at radius 1 is 1.42 bits per heavy atom. The van der Waals surface area contributed by atoms with Gasteiger partial charge < -0.3 is 14.7 Å². The van der Waals surface area contributed by atoms with Crippen molar-refractivity contribution >= 4 is 11.9 Å². The average Bonchev–Trinajstić information content (AvgIpc) is 2.35. The van der Waals surface area contributed by atoms with E-state index in [0.717, 1.165) is 11.1 Å². The molecule has 1 heterocycles. The fourth-order valence-corrected chi connectivity index (χ4v) is 2.14. The van der Waals surface area contributed by atoms with Crippen molar-refractivity contribution in [3.63, 3.8) is 0 Å². The van der Waals surface area contributed by atoms with Gasteiger partial charge in [0.05, 0.1) is 19.1 Å². The SMILES string of the molecule is Cc1ccc(CN2C(=O)COCC2CC(=O)O)cc1. The van der Waals surface area contributed by atoms with Crippen LogP contribution in [0.2, 0.25) is 0 Å². The molecular formula is C14H17NO4. The molecule has 0 bridgehead atoms. The highest BCUT2D eigenvalue weighted by Crippen LogP contribution is 2.16. The number of benzene rings is 1. The first kappa shape index (κ1) is 13.5. The molecule has 0 aliphatic carbocycles. The first-order valence-corrected chi connectivity index (χ1v) is 6.21. The van der Waals surface area contributed by atoms with E-state index in [2.05, 4.69) is 0 Å². The summed E-state index contributed by atoms with van der Waals surface area (Å²) in [6.07, 6.45) is -0.0857. The number of morpholine rings is 1. The minimum atomic E-state index is -0.919. The molecule has 1 unspecified atom stereocenters. The van der Waals surface area contributed by atoms with E-state index in [-0.39, 0.29) is 31.6 Å². The average molecular weight is 263 g/mol. The Morgan fingerprint density at radius 2 is 2.11 bits per heavy atom. The lowest BCUT2D eigenvalue weighted by atomic mass is 10.1. The molecule has 0 aromatic heterocycles. The van der Waals surface area contributed by atoms with Gasteiger partial charge in [0.25, 0.3) is 0 Å². The van der Waals surface area contributed by atoms with Gasteiger partial charge >= 0.3 is 5.97 Å². The van der Waals surface area contributed by atoms with Crippen LogP contribution in [0.4, 0.5) is 0 Å². The number of ether oxygens (including phenoxy) is 1. The third kappa shape index (κ3) is 3.54. The van der Waals surface area contributed by atoms with Crippen molar-refractivity contribution in [3.8, 4) is 0 Å². The Morgan fingerprint density at radius 3 is 2.74 bits per heavy atom. The molecule has 1 fully saturated rings. The van der Waals surface area contributed by atoms with Gasteiger partial charge in [0.15, 0.2) is 0 Å². The topological polar surface area (TPSA) is 66.8 Å². The van der Waals surface area contributed by atoms with E-state index in [9.17, 15) is 9.59 Å². The van der Waals surface area contributed by atoms with Gasteiger partial charge in [0.1, 0.15) is 6.61 Å². The first-order chi connectivity index (χ1) is 9.06. The second-order valence-electron chi connectivity index (χ2n) is 4.77. The summed E-state index contributed by atoms with van der Waals surface area (Å²) in [6.45, 7) is 2.74. The number of hydrogen-bond acceptors (Lipinski definition) is 3. The van der Waals surface area contributed by atoms with E-state index in [1.807, 2.05) is 31.2 Å². The van der Waals surface area contributed by atoms with E-state index in [0.29, 0.717) is 6.54 Å². The lowest BCUT2D eigenvalue weighted by Crippen LogP contribution is -2.49. The van der Waals surface area contributed by atoms with Crippen molar-refractivity contribution in [2.45, 2.75) is 25.9 Å². The molecule has 5 heteroatoms. The van der Waals surface area contributed by atoms with E-state index in [4.69, 9.17) is 9.84 Å². The zero-order valence-corrected chi connectivity index (χ0v) is 10.8. The largest absolute Gasteiger partial charge is 0.481 e. The van der Waals surface area contributed by atoms with Gasteiger partial charge in [0, 0.05) is 6.54 Å². The molecule has 1 amide bonds. The highest BCUT2D eigenvalue weighted by Gasteiger charge is 2.30. The molecule has 1 aromatic carbocycles. The van der Waals surface area contributed by atoms with E-state index < -0.39 is 5.97 Å². The lowest BCUT2D eigenvalue weighted by Gasteiger charge is -2.34. The number of hydrogen-bond donors (Lipinski definition) is 1. The standard InChI is InChI=1S/C14H17NO4/c1-10-2-4-11(5-3-10)7-15-12(6-14(17)18)8-19-9-13(15)16/h2-5,12H,6-9H2,1H3,(H,17,18). The minimum Gasteiger partial charge on any atom is -0.481 e. The Hall–Kier alpha value is -1.88. The molecule has 102 valence electrons. The molecule has 0 radical (unpaired) electrons. The highest BCUT2D eigenvalue weighted by atomic mass is 16.5. The number of aryl methyl sites for hydroxylation is 1. The number of carboxylic acid groups (broad SMARTS) is 1. The van der Waals surface area contributed by atoms with Gasteiger partial charge in [-0.3, -0.25) is 9.59 Å². The van der Waals surface area contributed by atoms with Crippen molar-refractivity contribution in [3.05, 3.63) is 35.4 Å². The van der Waals surface area contributed by atoms with Crippen molar-refractivity contribution in [1.29, 1.82) is 0 Å². The van der Waals surface area contributed by atoms with Crippen LogP contribution < -0.4 is 0 Å². The Bertz CT molecular complexity index is 469. The summed E-state index contributed by atoms with van der Waals surface area (Å²) in [4.78, 5) is 24.3.